The van der Waals surface area contributed by atoms with Crippen LogP contribution in [0.4, 0.5) is 18.9 Å². The summed E-state index contributed by atoms with van der Waals surface area (Å²) < 4.78 is 43.6. The second kappa shape index (κ2) is 8.12. The average molecular weight is 460 g/mol. The van der Waals surface area contributed by atoms with Gasteiger partial charge in [-0.25, -0.2) is 9.69 Å². The number of hydrogen-bond acceptors (Lipinski definition) is 4. The first-order valence-corrected chi connectivity index (χ1v) is 9.65. The van der Waals surface area contributed by atoms with Crippen molar-refractivity contribution in [3.8, 4) is 0 Å². The molecule has 4 rings (SSSR count). The maximum absolute atomic E-state index is 12.8. The summed E-state index contributed by atoms with van der Waals surface area (Å²) in [7, 11) is 0. The molecule has 0 unspecified atom stereocenters. The molecule has 0 N–H and O–H groups in total. The fourth-order valence-corrected chi connectivity index (χ4v) is 3.51. The van der Waals surface area contributed by atoms with E-state index in [-0.39, 0.29) is 33.0 Å². The summed E-state index contributed by atoms with van der Waals surface area (Å²) in [5, 5.41) is 0.211. The summed E-state index contributed by atoms with van der Waals surface area (Å²) in [5.41, 5.74) is -0.391. The minimum absolute atomic E-state index is 0.00318. The van der Waals surface area contributed by atoms with Gasteiger partial charge in [0, 0.05) is 0 Å². The maximum atomic E-state index is 12.8. The van der Waals surface area contributed by atoms with E-state index in [9.17, 15) is 27.6 Å². The smallest absolute Gasteiger partial charge is 0.416 e. The number of esters is 1. The fraction of sp³-hybridized carbons (Fsp3) is 0.0870. The first kappa shape index (κ1) is 21.6. The van der Waals surface area contributed by atoms with E-state index in [1.165, 1.54) is 42.5 Å². The molecule has 9 heteroatoms. The molecule has 0 aromatic heterocycles. The van der Waals surface area contributed by atoms with Crippen molar-refractivity contribution in [3.63, 3.8) is 0 Å². The Morgan fingerprint density at radius 2 is 1.62 bits per heavy atom. The summed E-state index contributed by atoms with van der Waals surface area (Å²) in [6, 6.07) is 14.6. The van der Waals surface area contributed by atoms with Gasteiger partial charge in [-0.05, 0) is 48.0 Å². The number of rotatable bonds is 4. The molecular formula is C23H13ClF3NO4. The largest absolute Gasteiger partial charge is 0.457 e. The molecule has 0 radical (unpaired) electrons. The third-order valence-electron chi connectivity index (χ3n) is 4.84. The lowest BCUT2D eigenvalue weighted by Gasteiger charge is -2.15. The predicted octanol–water partition coefficient (Wildman–Crippen LogP) is 5.52. The Hall–Kier alpha value is -3.65. The number of para-hydroxylation sites is 1. The van der Waals surface area contributed by atoms with Crippen LogP contribution in [0.3, 0.4) is 0 Å². The minimum atomic E-state index is -4.51. The molecule has 5 nitrogen and oxygen atoms in total. The molecule has 1 aliphatic rings. The summed E-state index contributed by atoms with van der Waals surface area (Å²) in [4.78, 5) is 38.9. The van der Waals surface area contributed by atoms with Gasteiger partial charge in [0.1, 0.15) is 6.61 Å². The van der Waals surface area contributed by atoms with Crippen LogP contribution in [-0.4, -0.2) is 17.8 Å². The number of halogens is 4. The van der Waals surface area contributed by atoms with Gasteiger partial charge in [0.2, 0.25) is 0 Å². The number of ether oxygens (including phenoxy) is 1. The van der Waals surface area contributed by atoms with Gasteiger partial charge < -0.3 is 4.74 Å². The van der Waals surface area contributed by atoms with E-state index in [2.05, 4.69) is 0 Å². The molecule has 3 aromatic carbocycles. The van der Waals surface area contributed by atoms with Gasteiger partial charge in [-0.3, -0.25) is 9.59 Å². The lowest BCUT2D eigenvalue weighted by atomic mass is 10.1. The molecular weight excluding hydrogens is 447 g/mol. The highest BCUT2D eigenvalue weighted by Gasteiger charge is 2.38. The average Bonchev–Trinajstić information content (AvgIpc) is 3.02. The van der Waals surface area contributed by atoms with Gasteiger partial charge in [0.05, 0.1) is 33.0 Å². The second-order valence-electron chi connectivity index (χ2n) is 6.93. The lowest BCUT2D eigenvalue weighted by molar-refractivity contribution is -0.137. The zero-order valence-electron chi connectivity index (χ0n) is 16.2. The number of alkyl halides is 3. The molecule has 1 aliphatic heterocycles. The lowest BCUT2D eigenvalue weighted by Crippen LogP contribution is -2.29. The second-order valence-corrected chi connectivity index (χ2v) is 7.34. The SMILES string of the molecule is O=C(OCc1cccc(C(F)(F)F)c1)c1ccc2c(c1)C(=O)N(c1ccccc1Cl)C2=O. The van der Waals surface area contributed by atoms with Crippen molar-refractivity contribution < 1.29 is 32.3 Å². The molecule has 1 heterocycles. The van der Waals surface area contributed by atoms with Crippen LogP contribution in [-0.2, 0) is 17.5 Å². The van der Waals surface area contributed by atoms with Crippen molar-refractivity contribution in [1.82, 2.24) is 0 Å². The molecule has 0 aliphatic carbocycles. The molecule has 0 bridgehead atoms. The van der Waals surface area contributed by atoms with Crippen molar-refractivity contribution in [2.45, 2.75) is 12.8 Å². The van der Waals surface area contributed by atoms with Crippen molar-refractivity contribution in [2.75, 3.05) is 4.90 Å². The highest BCUT2D eigenvalue weighted by molar-refractivity contribution is 6.39. The standard InChI is InChI=1S/C23H13ClF3NO4/c24-18-6-1-2-7-19(18)28-20(29)16-9-8-14(11-17(16)21(28)30)22(31)32-12-13-4-3-5-15(10-13)23(25,26)27/h1-11H,12H2. The third kappa shape index (κ3) is 3.97. The summed E-state index contributed by atoms with van der Waals surface area (Å²) in [6.45, 7) is -0.390. The Morgan fingerprint density at radius 3 is 2.34 bits per heavy atom. The zero-order valence-corrected chi connectivity index (χ0v) is 16.9. The number of carbonyl (C=O) groups is 3. The van der Waals surface area contributed by atoms with Gasteiger partial charge in [-0.15, -0.1) is 0 Å². The normalized spacial score (nSPS) is 13.3. The number of benzene rings is 3. The third-order valence-corrected chi connectivity index (χ3v) is 5.16. The number of imide groups is 1. The Morgan fingerprint density at radius 1 is 0.906 bits per heavy atom. The van der Waals surface area contributed by atoms with Crippen molar-refractivity contribution in [2.24, 2.45) is 0 Å². The molecule has 0 spiro atoms. The Balaban J connectivity index is 1.53. The Bertz CT molecular complexity index is 1260. The van der Waals surface area contributed by atoms with Crippen LogP contribution in [0.2, 0.25) is 5.02 Å². The number of carbonyl (C=O) groups excluding carboxylic acids is 3. The molecule has 0 saturated carbocycles. The Kier molecular flexibility index (Phi) is 5.48. The van der Waals surface area contributed by atoms with E-state index in [0.717, 1.165) is 17.0 Å². The van der Waals surface area contributed by atoms with Gasteiger partial charge in [-0.1, -0.05) is 35.9 Å². The van der Waals surface area contributed by atoms with Crippen LogP contribution in [0.5, 0.6) is 0 Å². The highest BCUT2D eigenvalue weighted by atomic mass is 35.5. The van der Waals surface area contributed by atoms with Crippen molar-refractivity contribution >= 4 is 35.1 Å². The summed E-state index contributed by atoms with van der Waals surface area (Å²) in [6.07, 6.45) is -4.51. The number of fused-ring (bicyclic) bond motifs is 1. The van der Waals surface area contributed by atoms with Crippen LogP contribution in [0.25, 0.3) is 0 Å². The number of nitrogens with zero attached hydrogens (tertiary/aromatic N) is 1. The topological polar surface area (TPSA) is 63.7 Å². The van der Waals surface area contributed by atoms with E-state index in [1.807, 2.05) is 0 Å². The van der Waals surface area contributed by atoms with E-state index < -0.39 is 36.1 Å². The molecule has 32 heavy (non-hydrogen) atoms. The minimum Gasteiger partial charge on any atom is -0.457 e. The van der Waals surface area contributed by atoms with Crippen molar-refractivity contribution in [3.05, 3.63) is 99.6 Å². The van der Waals surface area contributed by atoms with Gasteiger partial charge in [0.15, 0.2) is 0 Å². The van der Waals surface area contributed by atoms with Crippen LogP contribution >= 0.6 is 11.6 Å². The quantitative estimate of drug-likeness (QED) is 0.381. The van der Waals surface area contributed by atoms with Gasteiger partial charge in [-0.2, -0.15) is 13.2 Å². The predicted molar refractivity (Wildman–Crippen MR) is 110 cm³/mol. The highest BCUT2D eigenvalue weighted by Crippen LogP contribution is 2.34. The zero-order chi connectivity index (χ0) is 23.0. The molecule has 0 atom stereocenters. The molecule has 0 fully saturated rings. The van der Waals surface area contributed by atoms with Crippen LogP contribution in [0.1, 0.15) is 42.2 Å². The number of amides is 2. The number of hydrogen-bond donors (Lipinski definition) is 0. The van der Waals surface area contributed by atoms with Crippen LogP contribution < -0.4 is 4.90 Å². The first-order chi connectivity index (χ1) is 15.2. The van der Waals surface area contributed by atoms with Gasteiger partial charge in [0.25, 0.3) is 11.8 Å². The molecule has 0 saturated heterocycles. The van der Waals surface area contributed by atoms with Crippen molar-refractivity contribution in [1.29, 1.82) is 0 Å². The van der Waals surface area contributed by atoms with Crippen LogP contribution in [0, 0.1) is 0 Å². The van der Waals surface area contributed by atoms with E-state index in [4.69, 9.17) is 16.3 Å². The Labute approximate surface area is 185 Å². The molecule has 3 aromatic rings. The van der Waals surface area contributed by atoms with Crippen LogP contribution in [0.15, 0.2) is 66.7 Å². The number of anilines is 1. The first-order valence-electron chi connectivity index (χ1n) is 9.27. The summed E-state index contributed by atoms with van der Waals surface area (Å²) in [5.74, 6) is -2.07. The summed E-state index contributed by atoms with van der Waals surface area (Å²) >= 11 is 6.11. The van der Waals surface area contributed by atoms with E-state index in [0.29, 0.717) is 0 Å². The van der Waals surface area contributed by atoms with Gasteiger partial charge >= 0.3 is 12.1 Å². The molecule has 2 amide bonds. The van der Waals surface area contributed by atoms with E-state index >= 15 is 0 Å². The monoisotopic (exact) mass is 459 g/mol. The van der Waals surface area contributed by atoms with E-state index in [1.54, 1.807) is 12.1 Å². The fourth-order valence-electron chi connectivity index (χ4n) is 3.29. The maximum Gasteiger partial charge on any atom is 0.416 e. The molecule has 162 valence electrons.